The quantitative estimate of drug-likeness (QED) is 0.173. The molecule has 2 aromatic heterocycles. The summed E-state index contributed by atoms with van der Waals surface area (Å²) < 4.78 is 4.89. The number of nitrogens with one attached hydrogen (secondary N) is 1. The van der Waals surface area contributed by atoms with Crippen LogP contribution in [0.3, 0.4) is 0 Å². The number of fused-ring (bicyclic) bond motifs is 6. The first-order valence-electron chi connectivity index (χ1n) is 17.6. The van der Waals surface area contributed by atoms with E-state index in [2.05, 4.69) is 164 Å². The van der Waals surface area contributed by atoms with Gasteiger partial charge >= 0.3 is 0 Å². The number of thiophene rings is 1. The van der Waals surface area contributed by atoms with Crippen molar-refractivity contribution in [1.82, 2.24) is 4.57 Å². The lowest BCUT2D eigenvalue weighted by Gasteiger charge is -2.11. The van der Waals surface area contributed by atoms with Gasteiger partial charge in [0, 0.05) is 67.3 Å². The molecule has 2 heterocycles. The van der Waals surface area contributed by atoms with Crippen LogP contribution < -0.4 is 5.32 Å². The van der Waals surface area contributed by atoms with E-state index < -0.39 is 0 Å². The summed E-state index contributed by atoms with van der Waals surface area (Å²) in [7, 11) is 4.10. The molecule has 0 bridgehead atoms. The van der Waals surface area contributed by atoms with Gasteiger partial charge < -0.3 is 9.88 Å². The van der Waals surface area contributed by atoms with Gasteiger partial charge in [-0.3, -0.25) is 0 Å². The van der Waals surface area contributed by atoms with Gasteiger partial charge in [-0.15, -0.1) is 11.3 Å². The Morgan fingerprint density at radius 2 is 1.49 bits per heavy atom. The third-order valence-corrected chi connectivity index (χ3v) is 10.5. The van der Waals surface area contributed by atoms with E-state index in [4.69, 9.17) is 0 Å². The third kappa shape index (κ3) is 7.75. The number of nitrogens with zero attached hydrogens (tertiary/aromatic N) is 1. The van der Waals surface area contributed by atoms with E-state index in [1.54, 1.807) is 0 Å². The van der Waals surface area contributed by atoms with Crippen molar-refractivity contribution < 1.29 is 0 Å². The number of para-hydroxylation sites is 1. The number of rotatable bonds is 6. The second-order valence-corrected chi connectivity index (χ2v) is 13.6. The zero-order valence-corrected chi connectivity index (χ0v) is 30.7. The Bertz CT molecular complexity index is 2420. The Balaban J connectivity index is 0.000000151. The molecule has 0 aliphatic heterocycles. The lowest BCUT2D eigenvalue weighted by Crippen LogP contribution is -1.93. The molecule has 3 heteroatoms. The fourth-order valence-electron chi connectivity index (χ4n) is 6.70. The van der Waals surface area contributed by atoms with E-state index in [0.717, 1.165) is 17.7 Å². The van der Waals surface area contributed by atoms with Crippen LogP contribution in [-0.2, 0) is 7.05 Å². The molecule has 8 rings (SSSR count). The molecule has 51 heavy (non-hydrogen) atoms. The minimum Gasteiger partial charge on any atom is -0.388 e. The summed E-state index contributed by atoms with van der Waals surface area (Å²) in [5.41, 5.74) is 9.65. The summed E-state index contributed by atoms with van der Waals surface area (Å²) in [6.07, 6.45) is 30.6. The van der Waals surface area contributed by atoms with Crippen LogP contribution in [0.15, 0.2) is 177 Å². The zero-order valence-electron chi connectivity index (χ0n) is 29.9. The Kier molecular flexibility index (Phi) is 11.6. The number of allylic oxidation sites excluding steroid dienone is 16. The van der Waals surface area contributed by atoms with Crippen LogP contribution in [-0.4, -0.2) is 11.6 Å². The molecule has 2 aliphatic carbocycles. The fraction of sp³-hybridized carbons (Fsp3) is 0.125. The summed E-state index contributed by atoms with van der Waals surface area (Å²) in [6.45, 7) is 10.3. The summed E-state index contributed by atoms with van der Waals surface area (Å²) in [5.74, 6) is 0. The Morgan fingerprint density at radius 1 is 0.784 bits per heavy atom. The maximum Gasteiger partial charge on any atom is 0.0494 e. The van der Waals surface area contributed by atoms with E-state index in [-0.39, 0.29) is 0 Å². The molecule has 0 radical (unpaired) electrons. The average Bonchev–Trinajstić information content (AvgIpc) is 3.71. The Hall–Kier alpha value is -5.64. The number of aromatic nitrogens is 1. The van der Waals surface area contributed by atoms with Gasteiger partial charge in [0.1, 0.15) is 0 Å². The molecule has 2 aliphatic rings. The molecular formula is C48H46N2S. The average molecular weight is 683 g/mol. The molecule has 4 aromatic carbocycles. The van der Waals surface area contributed by atoms with Crippen molar-refractivity contribution in [1.29, 1.82) is 0 Å². The minimum atomic E-state index is 0.963. The van der Waals surface area contributed by atoms with E-state index in [0.29, 0.717) is 0 Å². The number of benzene rings is 4. The van der Waals surface area contributed by atoms with Gasteiger partial charge in [0.2, 0.25) is 0 Å². The molecule has 0 saturated carbocycles. The van der Waals surface area contributed by atoms with Crippen molar-refractivity contribution in [2.45, 2.75) is 26.2 Å². The molecule has 0 amide bonds. The molecule has 254 valence electrons. The van der Waals surface area contributed by atoms with Crippen molar-refractivity contribution in [2.24, 2.45) is 7.05 Å². The lowest BCUT2D eigenvalue weighted by molar-refractivity contribution is 1.01. The van der Waals surface area contributed by atoms with E-state index in [1.807, 2.05) is 49.6 Å². The van der Waals surface area contributed by atoms with Gasteiger partial charge in [-0.1, -0.05) is 147 Å². The summed E-state index contributed by atoms with van der Waals surface area (Å²) in [6, 6.07) is 28.2. The standard InChI is InChI=1S/C22H19N.C20H19NS.C6H8/c1-3-18(16-9-5-4-6-10-16)17-13-14-20-19-11-7-8-12-21(19)23(2)22(20)15-17;1-4-5-6-9-14(2)19-17(21-3)13-12-16-15-10-7-8-11-18(15)22-20(16)19;1-2-4-6-5-3-1/h3-9,11-15H,1,10H2,2H3;4-13,21H,2H2,1,3H3;1-4H,5-6H2/b18-16+;5-4-,9-6-;. The highest BCUT2D eigenvalue weighted by molar-refractivity contribution is 7.26. The minimum absolute atomic E-state index is 0.963. The van der Waals surface area contributed by atoms with Crippen LogP contribution in [0.4, 0.5) is 5.69 Å². The first-order chi connectivity index (χ1) is 25.0. The highest BCUT2D eigenvalue weighted by Crippen LogP contribution is 2.41. The lowest BCUT2D eigenvalue weighted by atomic mass is 9.95. The van der Waals surface area contributed by atoms with Crippen molar-refractivity contribution in [3.63, 3.8) is 0 Å². The Morgan fingerprint density at radius 3 is 2.18 bits per heavy atom. The van der Waals surface area contributed by atoms with Crippen LogP contribution in [0.2, 0.25) is 0 Å². The second kappa shape index (κ2) is 16.8. The molecular weight excluding hydrogens is 637 g/mol. The highest BCUT2D eigenvalue weighted by Gasteiger charge is 2.14. The molecule has 0 atom stereocenters. The van der Waals surface area contributed by atoms with E-state index in [9.17, 15) is 0 Å². The van der Waals surface area contributed by atoms with Crippen molar-refractivity contribution in [3.05, 3.63) is 188 Å². The molecule has 0 unspecified atom stereocenters. The number of aryl methyl sites for hydroxylation is 1. The summed E-state index contributed by atoms with van der Waals surface area (Å²) in [4.78, 5) is 0. The van der Waals surface area contributed by atoms with Gasteiger partial charge in [-0.2, -0.15) is 0 Å². The predicted octanol–water partition coefficient (Wildman–Crippen LogP) is 13.9. The Labute approximate surface area is 306 Å². The molecule has 0 fully saturated rings. The fourth-order valence-corrected chi connectivity index (χ4v) is 7.99. The van der Waals surface area contributed by atoms with Crippen LogP contribution in [0.25, 0.3) is 53.1 Å². The van der Waals surface area contributed by atoms with Crippen LogP contribution in [0.1, 0.15) is 37.3 Å². The first kappa shape index (κ1) is 35.2. The van der Waals surface area contributed by atoms with Crippen LogP contribution in [0.5, 0.6) is 0 Å². The normalized spacial score (nSPS) is 14.6. The molecule has 0 spiro atoms. The van der Waals surface area contributed by atoms with E-state index in [1.165, 1.54) is 77.1 Å². The molecule has 1 N–H and O–H groups in total. The van der Waals surface area contributed by atoms with Gasteiger partial charge in [-0.25, -0.2) is 0 Å². The number of hydrogen-bond acceptors (Lipinski definition) is 2. The second-order valence-electron chi connectivity index (χ2n) is 12.5. The zero-order chi connectivity index (χ0) is 35.6. The summed E-state index contributed by atoms with van der Waals surface area (Å²) >= 11 is 1.83. The highest BCUT2D eigenvalue weighted by atomic mass is 32.1. The van der Waals surface area contributed by atoms with Gasteiger partial charge in [0.05, 0.1) is 0 Å². The van der Waals surface area contributed by atoms with Crippen molar-refractivity contribution >= 4 is 70.1 Å². The molecule has 6 aromatic rings. The summed E-state index contributed by atoms with van der Waals surface area (Å²) in [5, 5.41) is 8.53. The molecule has 2 nitrogen and oxygen atoms in total. The SMILES string of the molecule is C1=CCCC=C1.C=C(/C=C\C=C/C)c1c(NC)ccc2c1sc1ccccc12.C=C/C(=C1/C=CC=CC1)c1ccc2c3ccccc3n(C)c2c1. The largest absolute Gasteiger partial charge is 0.388 e. The van der Waals surface area contributed by atoms with Gasteiger partial charge in [0.25, 0.3) is 0 Å². The van der Waals surface area contributed by atoms with Gasteiger partial charge in [0.15, 0.2) is 0 Å². The van der Waals surface area contributed by atoms with E-state index >= 15 is 0 Å². The third-order valence-electron chi connectivity index (χ3n) is 9.28. The molecule has 0 saturated heterocycles. The smallest absolute Gasteiger partial charge is 0.0494 e. The van der Waals surface area contributed by atoms with Crippen LogP contribution >= 0.6 is 11.3 Å². The topological polar surface area (TPSA) is 17.0 Å². The maximum absolute atomic E-state index is 4.27. The number of anilines is 1. The monoisotopic (exact) mass is 682 g/mol. The predicted molar refractivity (Wildman–Crippen MR) is 230 cm³/mol. The first-order valence-corrected chi connectivity index (χ1v) is 18.5. The van der Waals surface area contributed by atoms with Crippen molar-refractivity contribution in [3.8, 4) is 0 Å². The number of hydrogen-bond donors (Lipinski definition) is 1. The van der Waals surface area contributed by atoms with Crippen LogP contribution in [0, 0.1) is 0 Å². The van der Waals surface area contributed by atoms with Gasteiger partial charge in [-0.05, 0) is 72.7 Å². The maximum atomic E-state index is 4.27. The van der Waals surface area contributed by atoms with Crippen molar-refractivity contribution in [2.75, 3.05) is 12.4 Å².